The van der Waals surface area contributed by atoms with Gasteiger partial charge in [0, 0.05) is 45.1 Å². The average Bonchev–Trinajstić information content (AvgIpc) is 2.72. The molecule has 9 heteroatoms. The zero-order valence-electron chi connectivity index (χ0n) is 16.2. The van der Waals surface area contributed by atoms with Gasteiger partial charge >= 0.3 is 0 Å². The molecule has 0 aliphatic carbocycles. The third kappa shape index (κ3) is 4.83. The van der Waals surface area contributed by atoms with E-state index in [1.165, 1.54) is 4.31 Å². The highest BCUT2D eigenvalue weighted by Gasteiger charge is 2.37. The lowest BCUT2D eigenvalue weighted by Gasteiger charge is -2.37. The van der Waals surface area contributed by atoms with Gasteiger partial charge in [-0.05, 0) is 37.3 Å². The summed E-state index contributed by atoms with van der Waals surface area (Å²) in [6.07, 6.45) is 1.24. The van der Waals surface area contributed by atoms with E-state index >= 15 is 0 Å². The predicted molar refractivity (Wildman–Crippen MR) is 106 cm³/mol. The number of hydroxylamine groups is 1. The molecule has 1 aromatic carbocycles. The number of aryl methyl sites for hydroxylation is 1. The lowest BCUT2D eigenvalue weighted by atomic mass is 9.87. The van der Waals surface area contributed by atoms with Gasteiger partial charge < -0.3 is 9.64 Å². The molecule has 1 aromatic rings. The Morgan fingerprint density at radius 1 is 1.21 bits per heavy atom. The molecule has 1 atom stereocenters. The smallest absolute Gasteiger partial charge is 0.247 e. The number of carbonyl (C=O) groups excluding carboxylic acids is 1. The second kappa shape index (κ2) is 9.21. The molecule has 2 aliphatic heterocycles. The van der Waals surface area contributed by atoms with Crippen LogP contribution in [0, 0.1) is 18.8 Å². The number of hydrogen-bond donors (Lipinski definition) is 2. The number of para-hydroxylation sites is 1. The number of sulfonamides is 1. The Morgan fingerprint density at radius 2 is 1.86 bits per heavy atom. The first-order chi connectivity index (χ1) is 13.4. The molecule has 28 heavy (non-hydrogen) atoms. The van der Waals surface area contributed by atoms with Gasteiger partial charge in [-0.25, -0.2) is 13.9 Å². The quantitative estimate of drug-likeness (QED) is 0.535. The fourth-order valence-corrected chi connectivity index (χ4v) is 5.89. The molecular weight excluding hydrogens is 382 g/mol. The van der Waals surface area contributed by atoms with Crippen LogP contribution in [0.2, 0.25) is 0 Å². The Kier molecular flexibility index (Phi) is 6.92. The zero-order valence-corrected chi connectivity index (χ0v) is 17.0. The van der Waals surface area contributed by atoms with E-state index in [0.29, 0.717) is 52.2 Å². The molecule has 0 aromatic heterocycles. The van der Waals surface area contributed by atoms with E-state index in [2.05, 4.69) is 4.90 Å². The number of carbonyl (C=O) groups is 1. The van der Waals surface area contributed by atoms with Crippen molar-refractivity contribution < 1.29 is 23.2 Å². The van der Waals surface area contributed by atoms with E-state index in [9.17, 15) is 13.2 Å². The van der Waals surface area contributed by atoms with E-state index < -0.39 is 21.8 Å². The second-order valence-corrected chi connectivity index (χ2v) is 9.50. The summed E-state index contributed by atoms with van der Waals surface area (Å²) in [4.78, 5) is 14.3. The summed E-state index contributed by atoms with van der Waals surface area (Å²) in [5.41, 5.74) is 3.94. The first kappa shape index (κ1) is 21.0. The number of benzene rings is 1. The first-order valence-electron chi connectivity index (χ1n) is 9.72. The van der Waals surface area contributed by atoms with Crippen molar-refractivity contribution in [2.75, 3.05) is 50.0 Å². The third-order valence-electron chi connectivity index (χ3n) is 5.76. The molecule has 1 unspecified atom stereocenters. The van der Waals surface area contributed by atoms with Crippen molar-refractivity contribution in [3.05, 3.63) is 29.8 Å². The van der Waals surface area contributed by atoms with Gasteiger partial charge in [-0.15, -0.1) is 0 Å². The minimum atomic E-state index is -3.61. The summed E-state index contributed by atoms with van der Waals surface area (Å²) in [5, 5.41) is 9.08. The summed E-state index contributed by atoms with van der Waals surface area (Å²) in [6, 6.07) is 8.07. The number of anilines is 1. The minimum absolute atomic E-state index is 0.107. The van der Waals surface area contributed by atoms with Crippen molar-refractivity contribution in [2.45, 2.75) is 19.8 Å². The number of nitrogens with one attached hydrogen (secondary N) is 1. The molecule has 8 nitrogen and oxygen atoms in total. The number of hydrogen-bond acceptors (Lipinski definition) is 6. The lowest BCUT2D eigenvalue weighted by Crippen LogP contribution is -2.51. The number of rotatable bonds is 6. The number of ether oxygens (including phenoxy) is 1. The summed E-state index contributed by atoms with van der Waals surface area (Å²) in [6.45, 7) is 5.06. The molecule has 0 radical (unpaired) electrons. The summed E-state index contributed by atoms with van der Waals surface area (Å²) in [7, 11) is -3.61. The van der Waals surface area contributed by atoms with Crippen molar-refractivity contribution in [2.24, 2.45) is 11.8 Å². The third-order valence-corrected chi connectivity index (χ3v) is 7.69. The second-order valence-electron chi connectivity index (χ2n) is 7.48. The van der Waals surface area contributed by atoms with Crippen molar-refractivity contribution in [3.8, 4) is 0 Å². The Balaban J connectivity index is 1.65. The molecule has 3 rings (SSSR count). The molecule has 0 bridgehead atoms. The zero-order chi connectivity index (χ0) is 20.1. The Labute approximate surface area is 166 Å². The molecule has 2 aliphatic rings. The van der Waals surface area contributed by atoms with E-state index in [1.807, 2.05) is 31.2 Å². The Hall–Kier alpha value is -1.68. The van der Waals surface area contributed by atoms with Crippen LogP contribution in [0.3, 0.4) is 0 Å². The molecule has 2 N–H and O–H groups in total. The molecule has 0 saturated carbocycles. The van der Waals surface area contributed by atoms with Crippen LogP contribution in [0.4, 0.5) is 5.69 Å². The fourth-order valence-electron chi connectivity index (χ4n) is 4.08. The van der Waals surface area contributed by atoms with Crippen molar-refractivity contribution in [1.82, 2.24) is 9.79 Å². The van der Waals surface area contributed by atoms with Crippen LogP contribution >= 0.6 is 0 Å². The van der Waals surface area contributed by atoms with Crippen LogP contribution in [0.5, 0.6) is 0 Å². The summed E-state index contributed by atoms with van der Waals surface area (Å²) < 4.78 is 32.8. The van der Waals surface area contributed by atoms with Crippen molar-refractivity contribution in [1.29, 1.82) is 0 Å². The van der Waals surface area contributed by atoms with Crippen LogP contribution in [0.25, 0.3) is 0 Å². The van der Waals surface area contributed by atoms with Crippen molar-refractivity contribution >= 4 is 21.6 Å². The molecule has 1 amide bonds. The van der Waals surface area contributed by atoms with Gasteiger partial charge in [0.25, 0.3) is 0 Å². The van der Waals surface area contributed by atoms with Gasteiger partial charge in [-0.1, -0.05) is 18.2 Å². The maximum Gasteiger partial charge on any atom is 0.247 e. The van der Waals surface area contributed by atoms with Crippen molar-refractivity contribution in [3.63, 3.8) is 0 Å². The highest BCUT2D eigenvalue weighted by atomic mass is 32.2. The van der Waals surface area contributed by atoms with Crippen LogP contribution in [0.15, 0.2) is 24.3 Å². The maximum atomic E-state index is 13.0. The molecule has 2 heterocycles. The van der Waals surface area contributed by atoms with E-state index in [1.54, 1.807) is 5.48 Å². The molecule has 156 valence electrons. The van der Waals surface area contributed by atoms with Crippen LogP contribution < -0.4 is 10.4 Å². The molecule has 0 spiro atoms. The molecule has 2 fully saturated rings. The van der Waals surface area contributed by atoms with Crippen LogP contribution in [-0.4, -0.2) is 69.0 Å². The van der Waals surface area contributed by atoms with Gasteiger partial charge in [0.15, 0.2) is 0 Å². The highest BCUT2D eigenvalue weighted by molar-refractivity contribution is 7.89. The molecular formula is C19H29N3O5S. The number of amides is 1. The van der Waals surface area contributed by atoms with Gasteiger partial charge in [-0.3, -0.25) is 10.0 Å². The standard InChI is InChI=1S/C19H29N3O5S/c1-15-4-2-3-5-18(15)21-8-10-22(11-9-21)28(25,26)14-17(19(23)20-24)16-6-12-27-13-7-16/h2-5,16-17,24H,6-14H2,1H3,(H,20,23). The van der Waals surface area contributed by atoms with Crippen LogP contribution in [-0.2, 0) is 19.6 Å². The Bertz CT molecular complexity index is 772. The number of piperazine rings is 1. The van der Waals surface area contributed by atoms with E-state index in [-0.39, 0.29) is 11.7 Å². The SMILES string of the molecule is Cc1ccccc1N1CCN(S(=O)(=O)CC(C(=O)NO)C2CCOCC2)CC1. The average molecular weight is 412 g/mol. The van der Waals surface area contributed by atoms with Crippen LogP contribution in [0.1, 0.15) is 18.4 Å². The number of nitrogens with zero attached hydrogens (tertiary/aromatic N) is 2. The largest absolute Gasteiger partial charge is 0.381 e. The van der Waals surface area contributed by atoms with Gasteiger partial charge in [0.05, 0.1) is 11.7 Å². The van der Waals surface area contributed by atoms with Gasteiger partial charge in [0.2, 0.25) is 15.9 Å². The Morgan fingerprint density at radius 3 is 2.46 bits per heavy atom. The fraction of sp³-hybridized carbons (Fsp3) is 0.632. The first-order valence-corrected chi connectivity index (χ1v) is 11.3. The normalized spacial score (nSPS) is 20.7. The summed E-state index contributed by atoms with van der Waals surface area (Å²) >= 11 is 0. The highest BCUT2D eigenvalue weighted by Crippen LogP contribution is 2.27. The van der Waals surface area contributed by atoms with E-state index in [4.69, 9.17) is 9.94 Å². The minimum Gasteiger partial charge on any atom is -0.381 e. The monoisotopic (exact) mass is 411 g/mol. The topological polar surface area (TPSA) is 99.2 Å². The molecule has 2 saturated heterocycles. The maximum absolute atomic E-state index is 13.0. The van der Waals surface area contributed by atoms with Gasteiger partial charge in [-0.2, -0.15) is 4.31 Å². The predicted octanol–water partition coefficient (Wildman–Crippen LogP) is 0.995. The van der Waals surface area contributed by atoms with E-state index in [0.717, 1.165) is 11.3 Å². The lowest BCUT2D eigenvalue weighted by molar-refractivity contribution is -0.135. The van der Waals surface area contributed by atoms with Gasteiger partial charge in [0.1, 0.15) is 0 Å². The summed E-state index contributed by atoms with van der Waals surface area (Å²) in [5.74, 6) is -1.79.